The molecular weight excluding hydrogens is 248 g/mol. The van der Waals surface area contributed by atoms with Crippen LogP contribution in [0.15, 0.2) is 24.3 Å². The van der Waals surface area contributed by atoms with Gasteiger partial charge in [-0.25, -0.2) is 0 Å². The summed E-state index contributed by atoms with van der Waals surface area (Å²) in [5.41, 5.74) is 9.44. The average molecular weight is 272 g/mol. The molecule has 0 bridgehead atoms. The van der Waals surface area contributed by atoms with Gasteiger partial charge in [-0.05, 0) is 43.2 Å². The molecule has 0 aromatic heterocycles. The topological polar surface area (TPSA) is 38.5 Å². The summed E-state index contributed by atoms with van der Waals surface area (Å²) in [5.74, 6) is 0. The maximum absolute atomic E-state index is 6.62. The zero-order chi connectivity index (χ0) is 13.5. The summed E-state index contributed by atoms with van der Waals surface area (Å²) in [6.07, 6.45) is 6.66. The van der Waals surface area contributed by atoms with Gasteiger partial charge in [0.15, 0.2) is 0 Å². The lowest BCUT2D eigenvalue weighted by Crippen LogP contribution is -2.56. The number of hydrogen-bond acceptors (Lipinski definition) is 3. The lowest BCUT2D eigenvalue weighted by Gasteiger charge is -2.46. The first-order valence-electron chi connectivity index (χ1n) is 8.05. The third-order valence-electron chi connectivity index (χ3n) is 5.49. The molecule has 4 rings (SSSR count). The number of fused-ring (bicyclic) bond motifs is 2. The minimum absolute atomic E-state index is 0.166. The van der Waals surface area contributed by atoms with Gasteiger partial charge in [0.05, 0.1) is 12.7 Å². The molecule has 4 atom stereocenters. The van der Waals surface area contributed by atoms with E-state index < -0.39 is 0 Å². The number of aryl methyl sites for hydroxylation is 1. The molecule has 108 valence electrons. The normalized spacial score (nSPS) is 37.5. The molecule has 1 heterocycles. The Morgan fingerprint density at radius 2 is 2.00 bits per heavy atom. The van der Waals surface area contributed by atoms with Crippen LogP contribution in [0.3, 0.4) is 0 Å². The molecule has 1 aliphatic heterocycles. The van der Waals surface area contributed by atoms with E-state index in [9.17, 15) is 0 Å². The Balaban J connectivity index is 1.60. The van der Waals surface area contributed by atoms with Crippen molar-refractivity contribution in [3.05, 3.63) is 35.4 Å². The summed E-state index contributed by atoms with van der Waals surface area (Å²) in [4.78, 5) is 2.68. The molecule has 4 unspecified atom stereocenters. The fraction of sp³-hybridized carbons (Fsp3) is 0.647. The number of nitrogens with two attached hydrogens (primary N) is 1. The van der Waals surface area contributed by atoms with Crippen molar-refractivity contribution >= 4 is 0 Å². The first kappa shape index (κ1) is 12.8. The van der Waals surface area contributed by atoms with Gasteiger partial charge >= 0.3 is 0 Å². The molecule has 0 amide bonds. The van der Waals surface area contributed by atoms with Crippen LogP contribution in [0.4, 0.5) is 0 Å². The fourth-order valence-corrected chi connectivity index (χ4v) is 4.52. The van der Waals surface area contributed by atoms with Gasteiger partial charge in [0, 0.05) is 24.7 Å². The molecule has 1 saturated heterocycles. The lowest BCUT2D eigenvalue weighted by atomic mass is 9.83. The van der Waals surface area contributed by atoms with Gasteiger partial charge in [0.25, 0.3) is 0 Å². The molecular formula is C17H24N2O. The zero-order valence-electron chi connectivity index (χ0n) is 12.0. The summed E-state index contributed by atoms with van der Waals surface area (Å²) in [6.45, 7) is 1.94. The highest BCUT2D eigenvalue weighted by Gasteiger charge is 2.42. The van der Waals surface area contributed by atoms with Gasteiger partial charge in [0.2, 0.25) is 0 Å². The highest BCUT2D eigenvalue weighted by Crippen LogP contribution is 2.37. The molecule has 3 aliphatic rings. The van der Waals surface area contributed by atoms with Gasteiger partial charge in [0.1, 0.15) is 0 Å². The van der Waals surface area contributed by atoms with Crippen LogP contribution >= 0.6 is 0 Å². The van der Waals surface area contributed by atoms with Crippen molar-refractivity contribution in [3.8, 4) is 0 Å². The third kappa shape index (κ3) is 2.00. The monoisotopic (exact) mass is 272 g/mol. The maximum atomic E-state index is 6.62. The number of nitrogens with zero attached hydrogens (tertiary/aromatic N) is 1. The molecule has 2 N–H and O–H groups in total. The van der Waals surface area contributed by atoms with E-state index in [-0.39, 0.29) is 6.04 Å². The Bertz CT molecular complexity index is 490. The smallest absolute Gasteiger partial charge is 0.0731 e. The molecule has 1 saturated carbocycles. The van der Waals surface area contributed by atoms with Crippen molar-refractivity contribution in [1.82, 2.24) is 4.90 Å². The highest BCUT2D eigenvalue weighted by atomic mass is 16.5. The van der Waals surface area contributed by atoms with E-state index in [0.717, 1.165) is 13.2 Å². The van der Waals surface area contributed by atoms with E-state index in [1.54, 1.807) is 0 Å². The SMILES string of the molecule is NC1c2ccccc2CCC1N1CCOC2CCCC21. The summed E-state index contributed by atoms with van der Waals surface area (Å²) in [5, 5.41) is 0. The minimum atomic E-state index is 0.166. The number of benzene rings is 1. The van der Waals surface area contributed by atoms with Crippen molar-refractivity contribution in [1.29, 1.82) is 0 Å². The Hall–Kier alpha value is -0.900. The van der Waals surface area contributed by atoms with Crippen LogP contribution in [0, 0.1) is 0 Å². The average Bonchev–Trinajstić information content (AvgIpc) is 2.97. The van der Waals surface area contributed by atoms with Crippen LogP contribution in [-0.2, 0) is 11.2 Å². The molecule has 20 heavy (non-hydrogen) atoms. The van der Waals surface area contributed by atoms with E-state index in [1.165, 1.54) is 43.2 Å². The summed E-state index contributed by atoms with van der Waals surface area (Å²) < 4.78 is 5.95. The molecule has 1 aromatic carbocycles. The van der Waals surface area contributed by atoms with E-state index in [1.807, 2.05) is 0 Å². The molecule has 1 aromatic rings. The van der Waals surface area contributed by atoms with Crippen LogP contribution in [0.1, 0.15) is 42.9 Å². The van der Waals surface area contributed by atoms with Crippen molar-refractivity contribution in [2.24, 2.45) is 5.73 Å². The summed E-state index contributed by atoms with van der Waals surface area (Å²) in [6, 6.07) is 10.00. The van der Waals surface area contributed by atoms with Gasteiger partial charge in [-0.1, -0.05) is 24.3 Å². The van der Waals surface area contributed by atoms with E-state index in [0.29, 0.717) is 18.2 Å². The molecule has 0 radical (unpaired) electrons. The first-order valence-corrected chi connectivity index (χ1v) is 8.05. The van der Waals surface area contributed by atoms with E-state index in [2.05, 4.69) is 29.2 Å². The second-order valence-corrected chi connectivity index (χ2v) is 6.48. The van der Waals surface area contributed by atoms with Crippen molar-refractivity contribution in [2.75, 3.05) is 13.2 Å². The summed E-state index contributed by atoms with van der Waals surface area (Å²) in [7, 11) is 0. The van der Waals surface area contributed by atoms with Crippen LogP contribution in [0.2, 0.25) is 0 Å². The number of morpholine rings is 1. The van der Waals surface area contributed by atoms with Crippen LogP contribution in [0.5, 0.6) is 0 Å². The number of rotatable bonds is 1. The predicted molar refractivity (Wildman–Crippen MR) is 79.6 cm³/mol. The quantitative estimate of drug-likeness (QED) is 0.852. The molecule has 3 heteroatoms. The Morgan fingerprint density at radius 1 is 1.10 bits per heavy atom. The highest BCUT2D eigenvalue weighted by molar-refractivity contribution is 5.33. The van der Waals surface area contributed by atoms with Gasteiger partial charge in [-0.2, -0.15) is 0 Å². The zero-order valence-corrected chi connectivity index (χ0v) is 12.0. The summed E-state index contributed by atoms with van der Waals surface area (Å²) >= 11 is 0. The number of ether oxygens (including phenoxy) is 1. The first-order chi connectivity index (χ1) is 9.84. The fourth-order valence-electron chi connectivity index (χ4n) is 4.52. The van der Waals surface area contributed by atoms with Crippen molar-refractivity contribution in [2.45, 2.75) is 56.3 Å². The Labute approximate surface area is 121 Å². The lowest BCUT2D eigenvalue weighted by molar-refractivity contribution is -0.0775. The molecule has 2 fully saturated rings. The van der Waals surface area contributed by atoms with Gasteiger partial charge in [-0.3, -0.25) is 4.90 Å². The largest absolute Gasteiger partial charge is 0.375 e. The molecule has 0 spiro atoms. The second kappa shape index (κ2) is 5.14. The third-order valence-corrected chi connectivity index (χ3v) is 5.49. The second-order valence-electron chi connectivity index (χ2n) is 6.48. The van der Waals surface area contributed by atoms with E-state index in [4.69, 9.17) is 10.5 Å². The molecule has 3 nitrogen and oxygen atoms in total. The van der Waals surface area contributed by atoms with Gasteiger partial charge < -0.3 is 10.5 Å². The predicted octanol–water partition coefficient (Wildman–Crippen LogP) is 2.25. The van der Waals surface area contributed by atoms with Crippen molar-refractivity contribution in [3.63, 3.8) is 0 Å². The van der Waals surface area contributed by atoms with Gasteiger partial charge in [-0.15, -0.1) is 0 Å². The van der Waals surface area contributed by atoms with Crippen LogP contribution < -0.4 is 5.73 Å². The molecule has 2 aliphatic carbocycles. The number of hydrogen-bond donors (Lipinski definition) is 1. The van der Waals surface area contributed by atoms with E-state index >= 15 is 0 Å². The standard InChI is InChI=1S/C17H24N2O/c18-17-13-5-2-1-4-12(13)8-9-15(17)19-10-11-20-16-7-3-6-14(16)19/h1-2,4-5,14-17H,3,6-11,18H2. The minimum Gasteiger partial charge on any atom is -0.375 e. The Kier molecular flexibility index (Phi) is 3.29. The Morgan fingerprint density at radius 3 is 2.95 bits per heavy atom. The van der Waals surface area contributed by atoms with Crippen LogP contribution in [0.25, 0.3) is 0 Å². The maximum Gasteiger partial charge on any atom is 0.0731 e. The van der Waals surface area contributed by atoms with Crippen LogP contribution in [-0.4, -0.2) is 36.2 Å². The van der Waals surface area contributed by atoms with Crippen molar-refractivity contribution < 1.29 is 4.74 Å².